The van der Waals surface area contributed by atoms with E-state index in [1.54, 1.807) is 45.0 Å². The van der Waals surface area contributed by atoms with E-state index in [-0.39, 0.29) is 4.90 Å². The highest BCUT2D eigenvalue weighted by atomic mass is 79.9. The summed E-state index contributed by atoms with van der Waals surface area (Å²) in [5, 5.41) is 0. The highest BCUT2D eigenvalue weighted by Gasteiger charge is 2.36. The van der Waals surface area contributed by atoms with Gasteiger partial charge in [0.1, 0.15) is 0 Å². The number of sulfone groups is 1. The number of hydrogen-bond donors (Lipinski definition) is 0. The van der Waals surface area contributed by atoms with Gasteiger partial charge in [0, 0.05) is 11.1 Å². The van der Waals surface area contributed by atoms with Crippen molar-refractivity contribution in [1.29, 1.82) is 0 Å². The maximum absolute atomic E-state index is 12.2. The van der Waals surface area contributed by atoms with E-state index >= 15 is 0 Å². The maximum atomic E-state index is 12.2. The SMILES string of the molecule is CCOC(C)(C)S(=O)(=O)c1ccc(Br)cc1. The fourth-order valence-corrected chi connectivity index (χ4v) is 2.92. The fourth-order valence-electron chi connectivity index (χ4n) is 1.32. The van der Waals surface area contributed by atoms with Crippen LogP contribution in [-0.2, 0) is 14.6 Å². The van der Waals surface area contributed by atoms with Gasteiger partial charge in [-0.3, -0.25) is 0 Å². The molecule has 16 heavy (non-hydrogen) atoms. The molecule has 0 heterocycles. The Balaban J connectivity index is 3.16. The van der Waals surface area contributed by atoms with Crippen LogP contribution in [0.2, 0.25) is 0 Å². The van der Waals surface area contributed by atoms with Gasteiger partial charge >= 0.3 is 0 Å². The summed E-state index contributed by atoms with van der Waals surface area (Å²) in [7, 11) is -3.46. The van der Waals surface area contributed by atoms with Gasteiger partial charge in [0.05, 0.1) is 4.90 Å². The fraction of sp³-hybridized carbons (Fsp3) is 0.455. The molecule has 1 aromatic rings. The lowest BCUT2D eigenvalue weighted by molar-refractivity contribution is 0.0539. The van der Waals surface area contributed by atoms with Crippen LogP contribution in [-0.4, -0.2) is 20.0 Å². The Hall–Kier alpha value is -0.390. The van der Waals surface area contributed by atoms with E-state index < -0.39 is 14.8 Å². The van der Waals surface area contributed by atoms with E-state index in [1.807, 2.05) is 0 Å². The third kappa shape index (κ3) is 2.64. The molecule has 90 valence electrons. The van der Waals surface area contributed by atoms with Gasteiger partial charge in [-0.15, -0.1) is 0 Å². The molecule has 1 rings (SSSR count). The highest BCUT2D eigenvalue weighted by molar-refractivity contribution is 9.10. The zero-order chi connectivity index (χ0) is 12.4. The Labute approximate surface area is 105 Å². The van der Waals surface area contributed by atoms with Gasteiger partial charge < -0.3 is 4.74 Å². The van der Waals surface area contributed by atoms with Gasteiger partial charge in [-0.05, 0) is 45.0 Å². The minimum atomic E-state index is -3.46. The molecule has 0 aliphatic carbocycles. The lowest BCUT2D eigenvalue weighted by Gasteiger charge is -2.24. The first kappa shape index (κ1) is 13.7. The highest BCUT2D eigenvalue weighted by Crippen LogP contribution is 2.27. The predicted octanol–water partition coefficient (Wildman–Crippen LogP) is 3.00. The van der Waals surface area contributed by atoms with E-state index in [1.165, 1.54) is 0 Å². The first-order chi connectivity index (χ1) is 7.31. The molecule has 0 saturated heterocycles. The van der Waals surface area contributed by atoms with Crippen LogP contribution in [0.1, 0.15) is 20.8 Å². The lowest BCUT2D eigenvalue weighted by Crippen LogP contribution is -2.35. The van der Waals surface area contributed by atoms with Crippen LogP contribution in [0.15, 0.2) is 33.6 Å². The molecule has 0 aliphatic rings. The summed E-state index contributed by atoms with van der Waals surface area (Å²) in [5.74, 6) is 0. The first-order valence-electron chi connectivity index (χ1n) is 4.95. The molecule has 5 heteroatoms. The van der Waals surface area contributed by atoms with Gasteiger partial charge in [-0.2, -0.15) is 0 Å². The molecule has 0 N–H and O–H groups in total. The Bertz CT molecular complexity index is 449. The third-order valence-corrected chi connectivity index (χ3v) is 5.10. The maximum Gasteiger partial charge on any atom is 0.207 e. The standard InChI is InChI=1S/C11H15BrO3S/c1-4-15-11(2,3)16(13,14)10-7-5-9(12)6-8-10/h5-8H,4H2,1-3H3. The topological polar surface area (TPSA) is 43.4 Å². The van der Waals surface area contributed by atoms with Crippen molar-refractivity contribution in [2.45, 2.75) is 30.6 Å². The second-order valence-electron chi connectivity index (χ2n) is 3.79. The number of rotatable bonds is 4. The van der Waals surface area contributed by atoms with Gasteiger partial charge in [0.2, 0.25) is 9.84 Å². The smallest absolute Gasteiger partial charge is 0.207 e. The molecule has 0 saturated carbocycles. The van der Waals surface area contributed by atoms with Gasteiger partial charge in [0.15, 0.2) is 4.93 Å². The number of halogens is 1. The van der Waals surface area contributed by atoms with Crippen LogP contribution in [0.3, 0.4) is 0 Å². The molecular weight excluding hydrogens is 292 g/mol. The minimum Gasteiger partial charge on any atom is -0.360 e. The van der Waals surface area contributed by atoms with Crippen LogP contribution >= 0.6 is 15.9 Å². The van der Waals surface area contributed by atoms with Crippen molar-refractivity contribution in [1.82, 2.24) is 0 Å². The number of benzene rings is 1. The predicted molar refractivity (Wildman–Crippen MR) is 67.0 cm³/mol. The monoisotopic (exact) mass is 306 g/mol. The average molecular weight is 307 g/mol. The first-order valence-corrected chi connectivity index (χ1v) is 7.23. The molecule has 0 amide bonds. The molecular formula is C11H15BrO3S. The summed E-state index contributed by atoms with van der Waals surface area (Å²) < 4.78 is 30.6. The largest absolute Gasteiger partial charge is 0.360 e. The van der Waals surface area contributed by atoms with Crippen molar-refractivity contribution >= 4 is 25.8 Å². The molecule has 0 unspecified atom stereocenters. The van der Waals surface area contributed by atoms with Crippen LogP contribution in [0.25, 0.3) is 0 Å². The van der Waals surface area contributed by atoms with Gasteiger partial charge in [-0.1, -0.05) is 15.9 Å². The van der Waals surface area contributed by atoms with Crippen molar-refractivity contribution < 1.29 is 13.2 Å². The summed E-state index contributed by atoms with van der Waals surface area (Å²) in [6.07, 6.45) is 0. The van der Waals surface area contributed by atoms with E-state index in [2.05, 4.69) is 15.9 Å². The quantitative estimate of drug-likeness (QED) is 0.859. The average Bonchev–Trinajstić information content (AvgIpc) is 2.18. The zero-order valence-electron chi connectivity index (χ0n) is 9.53. The van der Waals surface area contributed by atoms with Crippen LogP contribution in [0.5, 0.6) is 0 Å². The second-order valence-corrected chi connectivity index (χ2v) is 7.17. The van der Waals surface area contributed by atoms with E-state index in [0.717, 1.165) is 4.47 Å². The van der Waals surface area contributed by atoms with E-state index in [4.69, 9.17) is 4.74 Å². The molecule has 0 bridgehead atoms. The molecule has 0 fully saturated rings. The van der Waals surface area contributed by atoms with Gasteiger partial charge in [0.25, 0.3) is 0 Å². The van der Waals surface area contributed by atoms with Crippen LogP contribution < -0.4 is 0 Å². The van der Waals surface area contributed by atoms with Crippen molar-refractivity contribution in [2.24, 2.45) is 0 Å². The summed E-state index contributed by atoms with van der Waals surface area (Å²) >= 11 is 3.27. The normalized spacial score (nSPS) is 12.8. The third-order valence-electron chi connectivity index (χ3n) is 2.26. The zero-order valence-corrected chi connectivity index (χ0v) is 11.9. The summed E-state index contributed by atoms with van der Waals surface area (Å²) in [5.41, 5.74) is 0. The van der Waals surface area contributed by atoms with Crippen LogP contribution in [0.4, 0.5) is 0 Å². The van der Waals surface area contributed by atoms with Crippen molar-refractivity contribution in [3.8, 4) is 0 Å². The van der Waals surface area contributed by atoms with E-state index in [0.29, 0.717) is 6.61 Å². The van der Waals surface area contributed by atoms with Crippen molar-refractivity contribution in [2.75, 3.05) is 6.61 Å². The van der Waals surface area contributed by atoms with E-state index in [9.17, 15) is 8.42 Å². The molecule has 0 atom stereocenters. The summed E-state index contributed by atoms with van der Waals surface area (Å²) in [6.45, 7) is 5.27. The molecule has 1 aromatic carbocycles. The molecule has 3 nitrogen and oxygen atoms in total. The Morgan fingerprint density at radius 3 is 2.19 bits per heavy atom. The number of ether oxygens (including phenoxy) is 1. The lowest BCUT2D eigenvalue weighted by atomic mass is 10.4. The molecule has 0 aromatic heterocycles. The van der Waals surface area contributed by atoms with Crippen LogP contribution in [0, 0.1) is 0 Å². The summed E-state index contributed by atoms with van der Waals surface area (Å²) in [4.78, 5) is -0.926. The number of hydrogen-bond acceptors (Lipinski definition) is 3. The van der Waals surface area contributed by atoms with Crippen molar-refractivity contribution in [3.63, 3.8) is 0 Å². The molecule has 0 radical (unpaired) electrons. The Kier molecular flexibility index (Phi) is 4.15. The van der Waals surface area contributed by atoms with Crippen molar-refractivity contribution in [3.05, 3.63) is 28.7 Å². The Morgan fingerprint density at radius 2 is 1.75 bits per heavy atom. The van der Waals surface area contributed by atoms with Gasteiger partial charge in [-0.25, -0.2) is 8.42 Å². The second kappa shape index (κ2) is 4.85. The Morgan fingerprint density at radius 1 is 1.25 bits per heavy atom. The minimum absolute atomic E-state index is 0.272. The molecule has 0 aliphatic heterocycles. The summed E-state index contributed by atoms with van der Waals surface area (Å²) in [6, 6.07) is 6.55. The molecule has 0 spiro atoms.